The van der Waals surface area contributed by atoms with Gasteiger partial charge in [0.2, 0.25) is 0 Å². The summed E-state index contributed by atoms with van der Waals surface area (Å²) in [5.74, 6) is 0. The van der Waals surface area contributed by atoms with E-state index in [2.05, 4.69) is 12.2 Å². The minimum absolute atomic E-state index is 0. The first-order valence-corrected chi connectivity index (χ1v) is 5.54. The lowest BCUT2D eigenvalue weighted by Crippen LogP contribution is -2.54. The van der Waals surface area contributed by atoms with Crippen LogP contribution >= 0.6 is 12.4 Å². The summed E-state index contributed by atoms with van der Waals surface area (Å²) in [5.41, 5.74) is 0. The number of aliphatic hydroxyl groups excluding tert-OH is 1. The molecule has 1 heterocycles. The third kappa shape index (κ3) is 5.01. The molecule has 0 bridgehead atoms. The summed E-state index contributed by atoms with van der Waals surface area (Å²) < 4.78 is 5.09. The molecule has 16 heavy (non-hydrogen) atoms. The zero-order valence-corrected chi connectivity index (χ0v) is 10.5. The summed E-state index contributed by atoms with van der Waals surface area (Å²) in [5, 5.41) is 12.1. The summed E-state index contributed by atoms with van der Waals surface area (Å²) in [6, 6.07) is -0.0162. The van der Waals surface area contributed by atoms with E-state index >= 15 is 0 Å². The monoisotopic (exact) mass is 252 g/mol. The second-order valence-electron chi connectivity index (χ2n) is 3.75. The lowest BCUT2D eigenvalue weighted by molar-refractivity contribution is 0.0821. The highest BCUT2D eigenvalue weighted by molar-refractivity contribution is 5.85. The Morgan fingerprint density at radius 3 is 3.00 bits per heavy atom. The highest BCUT2D eigenvalue weighted by Crippen LogP contribution is 2.02. The van der Waals surface area contributed by atoms with Gasteiger partial charge in [0.1, 0.15) is 0 Å². The van der Waals surface area contributed by atoms with E-state index in [0.717, 1.165) is 12.8 Å². The van der Waals surface area contributed by atoms with Crippen molar-refractivity contribution in [3.8, 4) is 0 Å². The van der Waals surface area contributed by atoms with Crippen molar-refractivity contribution in [1.82, 2.24) is 10.2 Å². The van der Waals surface area contributed by atoms with E-state index in [1.54, 1.807) is 4.90 Å². The van der Waals surface area contributed by atoms with Crippen LogP contribution in [0.15, 0.2) is 0 Å². The van der Waals surface area contributed by atoms with Gasteiger partial charge in [0.05, 0.1) is 13.2 Å². The number of carbonyl (C=O) groups is 1. The Morgan fingerprint density at radius 1 is 1.62 bits per heavy atom. The lowest BCUT2D eigenvalue weighted by Gasteiger charge is -2.31. The van der Waals surface area contributed by atoms with Gasteiger partial charge in [-0.25, -0.2) is 4.79 Å². The van der Waals surface area contributed by atoms with Crippen LogP contribution in [0.1, 0.15) is 19.8 Å². The topological polar surface area (TPSA) is 61.8 Å². The third-order valence-electron chi connectivity index (χ3n) is 2.46. The second-order valence-corrected chi connectivity index (χ2v) is 3.75. The van der Waals surface area contributed by atoms with Gasteiger partial charge >= 0.3 is 6.09 Å². The first kappa shape index (κ1) is 15.5. The second kappa shape index (κ2) is 8.61. The maximum atomic E-state index is 11.5. The lowest BCUT2D eigenvalue weighted by atomic mass is 10.2. The normalized spacial score (nSPS) is 20.1. The molecule has 0 aromatic heterocycles. The fourth-order valence-electron chi connectivity index (χ4n) is 1.51. The van der Waals surface area contributed by atoms with Gasteiger partial charge in [-0.3, -0.25) is 0 Å². The van der Waals surface area contributed by atoms with Crippen molar-refractivity contribution >= 4 is 18.5 Å². The molecule has 6 heteroatoms. The Bertz CT molecular complexity index is 205. The van der Waals surface area contributed by atoms with Gasteiger partial charge in [0.25, 0.3) is 0 Å². The standard InChI is InChI=1S/C10H20N2O3.ClH/c1-2-3-6-15-10(14)12-5-4-11-9(7-12)8-13;/h9,11,13H,2-8H2,1H3;1H. The van der Waals surface area contributed by atoms with Crippen molar-refractivity contribution < 1.29 is 14.6 Å². The molecule has 0 saturated carbocycles. The number of carbonyl (C=O) groups excluding carboxylic acids is 1. The van der Waals surface area contributed by atoms with Crippen molar-refractivity contribution in [3.05, 3.63) is 0 Å². The molecular weight excluding hydrogens is 232 g/mol. The highest BCUT2D eigenvalue weighted by atomic mass is 35.5. The number of hydrogen-bond acceptors (Lipinski definition) is 4. The smallest absolute Gasteiger partial charge is 0.409 e. The van der Waals surface area contributed by atoms with E-state index < -0.39 is 0 Å². The molecular formula is C10H21ClN2O3. The maximum absolute atomic E-state index is 11.5. The van der Waals surface area contributed by atoms with Crippen LogP contribution in [-0.2, 0) is 4.74 Å². The number of nitrogens with zero attached hydrogens (tertiary/aromatic N) is 1. The van der Waals surface area contributed by atoms with E-state index in [4.69, 9.17) is 9.84 Å². The first-order valence-electron chi connectivity index (χ1n) is 5.54. The van der Waals surface area contributed by atoms with E-state index in [-0.39, 0.29) is 31.1 Å². The van der Waals surface area contributed by atoms with Gasteiger partial charge in [0, 0.05) is 25.7 Å². The predicted molar refractivity (Wildman–Crippen MR) is 64.0 cm³/mol. The molecule has 0 aromatic rings. The average molecular weight is 253 g/mol. The van der Waals surface area contributed by atoms with Crippen LogP contribution in [0.5, 0.6) is 0 Å². The number of piperazine rings is 1. The predicted octanol–water partition coefficient (Wildman–Crippen LogP) is 0.611. The summed E-state index contributed by atoms with van der Waals surface area (Å²) in [6.07, 6.45) is 1.67. The third-order valence-corrected chi connectivity index (χ3v) is 2.46. The number of nitrogens with one attached hydrogen (secondary N) is 1. The number of halogens is 1. The molecule has 1 saturated heterocycles. The molecule has 1 rings (SSSR count). The van der Waals surface area contributed by atoms with E-state index in [0.29, 0.717) is 26.2 Å². The van der Waals surface area contributed by atoms with E-state index in [1.807, 2.05) is 0 Å². The number of unbranched alkanes of at least 4 members (excludes halogenated alkanes) is 1. The molecule has 0 spiro atoms. The number of hydrogen-bond donors (Lipinski definition) is 2. The van der Waals surface area contributed by atoms with Crippen LogP contribution in [-0.4, -0.2) is 55.0 Å². The van der Waals surface area contributed by atoms with Gasteiger partial charge in [-0.2, -0.15) is 0 Å². The quantitative estimate of drug-likeness (QED) is 0.720. The van der Waals surface area contributed by atoms with Gasteiger partial charge in [-0.05, 0) is 6.42 Å². The van der Waals surface area contributed by atoms with Crippen LogP contribution in [0.4, 0.5) is 4.79 Å². The zero-order valence-electron chi connectivity index (χ0n) is 9.65. The molecule has 2 N–H and O–H groups in total. The molecule has 96 valence electrons. The van der Waals surface area contributed by atoms with Gasteiger partial charge < -0.3 is 20.1 Å². The highest BCUT2D eigenvalue weighted by Gasteiger charge is 2.23. The van der Waals surface area contributed by atoms with Crippen LogP contribution in [0, 0.1) is 0 Å². The van der Waals surface area contributed by atoms with Gasteiger partial charge in [0.15, 0.2) is 0 Å². The molecule has 1 fully saturated rings. The number of ether oxygens (including phenoxy) is 1. The van der Waals surface area contributed by atoms with Gasteiger partial charge in [-0.15, -0.1) is 12.4 Å². The van der Waals surface area contributed by atoms with Crippen LogP contribution in [0.3, 0.4) is 0 Å². The summed E-state index contributed by atoms with van der Waals surface area (Å²) in [6.45, 7) is 4.50. The van der Waals surface area contributed by atoms with Crippen molar-refractivity contribution in [3.63, 3.8) is 0 Å². The first-order chi connectivity index (χ1) is 7.27. The molecule has 1 aliphatic heterocycles. The molecule has 1 unspecified atom stereocenters. The Labute approximate surface area is 103 Å². The summed E-state index contributed by atoms with van der Waals surface area (Å²) in [4.78, 5) is 13.2. The fourth-order valence-corrected chi connectivity index (χ4v) is 1.51. The maximum Gasteiger partial charge on any atom is 0.409 e. The largest absolute Gasteiger partial charge is 0.449 e. The molecule has 1 aliphatic rings. The minimum Gasteiger partial charge on any atom is -0.449 e. The SMILES string of the molecule is CCCCOC(=O)N1CCNC(CO)C1.Cl. The fraction of sp³-hybridized carbons (Fsp3) is 0.900. The van der Waals surface area contributed by atoms with Crippen molar-refractivity contribution in [2.24, 2.45) is 0 Å². The Morgan fingerprint density at radius 2 is 2.38 bits per heavy atom. The Hall–Kier alpha value is -0.520. The van der Waals surface area contributed by atoms with Crippen LogP contribution in [0.25, 0.3) is 0 Å². The van der Waals surface area contributed by atoms with Crippen molar-refractivity contribution in [2.75, 3.05) is 32.8 Å². The molecule has 0 aromatic carbocycles. The number of rotatable bonds is 4. The van der Waals surface area contributed by atoms with Crippen molar-refractivity contribution in [1.29, 1.82) is 0 Å². The number of amides is 1. The molecule has 1 atom stereocenters. The van der Waals surface area contributed by atoms with E-state index in [9.17, 15) is 4.79 Å². The van der Waals surface area contributed by atoms with Gasteiger partial charge in [-0.1, -0.05) is 13.3 Å². The summed E-state index contributed by atoms with van der Waals surface area (Å²) in [7, 11) is 0. The Kier molecular flexibility index (Phi) is 8.33. The van der Waals surface area contributed by atoms with Crippen LogP contribution in [0.2, 0.25) is 0 Å². The van der Waals surface area contributed by atoms with Crippen molar-refractivity contribution in [2.45, 2.75) is 25.8 Å². The number of aliphatic hydroxyl groups is 1. The summed E-state index contributed by atoms with van der Waals surface area (Å²) >= 11 is 0. The average Bonchev–Trinajstić information content (AvgIpc) is 2.29. The molecule has 5 nitrogen and oxygen atoms in total. The molecule has 0 radical (unpaired) electrons. The van der Waals surface area contributed by atoms with E-state index in [1.165, 1.54) is 0 Å². The minimum atomic E-state index is -0.261. The molecule has 1 amide bonds. The molecule has 0 aliphatic carbocycles. The zero-order chi connectivity index (χ0) is 11.1. The Balaban J connectivity index is 0.00000225. The van der Waals surface area contributed by atoms with Crippen LogP contribution < -0.4 is 5.32 Å².